The van der Waals surface area contributed by atoms with Gasteiger partial charge in [0.15, 0.2) is 0 Å². The molecular weight excluding hydrogens is 220 g/mol. The zero-order chi connectivity index (χ0) is 11.5. The Labute approximate surface area is 100 Å². The lowest BCUT2D eigenvalue weighted by atomic mass is 10.00. The van der Waals surface area contributed by atoms with Gasteiger partial charge in [-0.3, -0.25) is 0 Å². The standard InChI is InChI=1S/C13H13ClN2/c1-9(2)10-3-5-11(6-4-10)12-7-15-13(14)16-8-12/h3-9H,1-2H3. The van der Waals surface area contributed by atoms with E-state index in [0.717, 1.165) is 11.1 Å². The minimum Gasteiger partial charge on any atom is -0.226 e. The molecule has 0 aliphatic rings. The minimum absolute atomic E-state index is 0.280. The number of hydrogen-bond donors (Lipinski definition) is 0. The summed E-state index contributed by atoms with van der Waals surface area (Å²) in [6, 6.07) is 8.44. The average molecular weight is 233 g/mol. The van der Waals surface area contributed by atoms with Gasteiger partial charge < -0.3 is 0 Å². The molecule has 0 aliphatic heterocycles. The fourth-order valence-electron chi connectivity index (χ4n) is 1.52. The normalized spacial score (nSPS) is 10.8. The van der Waals surface area contributed by atoms with Crippen molar-refractivity contribution < 1.29 is 0 Å². The molecule has 0 saturated carbocycles. The summed E-state index contributed by atoms with van der Waals surface area (Å²) in [6.45, 7) is 4.36. The van der Waals surface area contributed by atoms with Crippen LogP contribution < -0.4 is 0 Å². The highest BCUT2D eigenvalue weighted by Crippen LogP contribution is 2.21. The summed E-state index contributed by atoms with van der Waals surface area (Å²) >= 11 is 5.64. The van der Waals surface area contributed by atoms with Gasteiger partial charge in [-0.25, -0.2) is 9.97 Å². The number of halogens is 1. The van der Waals surface area contributed by atoms with Crippen molar-refractivity contribution in [3.8, 4) is 11.1 Å². The molecule has 0 fully saturated rings. The highest BCUT2D eigenvalue weighted by atomic mass is 35.5. The monoisotopic (exact) mass is 232 g/mol. The van der Waals surface area contributed by atoms with Gasteiger partial charge in [0.25, 0.3) is 0 Å². The maximum Gasteiger partial charge on any atom is 0.222 e. The Kier molecular flexibility index (Phi) is 3.20. The lowest BCUT2D eigenvalue weighted by Gasteiger charge is -2.06. The Morgan fingerprint density at radius 3 is 2.00 bits per heavy atom. The van der Waals surface area contributed by atoms with Gasteiger partial charge >= 0.3 is 0 Å². The molecule has 16 heavy (non-hydrogen) atoms. The first-order valence-electron chi connectivity index (χ1n) is 5.24. The molecule has 82 valence electrons. The zero-order valence-electron chi connectivity index (χ0n) is 9.31. The van der Waals surface area contributed by atoms with Crippen LogP contribution in [-0.4, -0.2) is 9.97 Å². The Bertz CT molecular complexity index is 460. The first kappa shape index (κ1) is 11.1. The van der Waals surface area contributed by atoms with Crippen LogP contribution in [0.2, 0.25) is 5.28 Å². The van der Waals surface area contributed by atoms with E-state index >= 15 is 0 Å². The molecule has 1 aromatic heterocycles. The third kappa shape index (κ3) is 2.39. The number of aromatic nitrogens is 2. The van der Waals surface area contributed by atoms with Gasteiger partial charge in [-0.15, -0.1) is 0 Å². The van der Waals surface area contributed by atoms with Gasteiger partial charge in [0.2, 0.25) is 5.28 Å². The van der Waals surface area contributed by atoms with Crippen LogP contribution in [0.4, 0.5) is 0 Å². The first-order chi connectivity index (χ1) is 7.66. The van der Waals surface area contributed by atoms with Gasteiger partial charge in [-0.1, -0.05) is 38.1 Å². The second kappa shape index (κ2) is 4.62. The second-order valence-electron chi connectivity index (χ2n) is 4.02. The van der Waals surface area contributed by atoms with Gasteiger partial charge in [-0.05, 0) is 28.6 Å². The summed E-state index contributed by atoms with van der Waals surface area (Å²) in [4.78, 5) is 7.93. The van der Waals surface area contributed by atoms with Crippen LogP contribution >= 0.6 is 11.6 Å². The third-order valence-electron chi connectivity index (χ3n) is 2.53. The summed E-state index contributed by atoms with van der Waals surface area (Å²) in [5, 5.41) is 0.280. The molecule has 1 aromatic carbocycles. The van der Waals surface area contributed by atoms with Crippen molar-refractivity contribution in [1.29, 1.82) is 0 Å². The smallest absolute Gasteiger partial charge is 0.222 e. The molecule has 2 rings (SSSR count). The molecule has 0 spiro atoms. The summed E-state index contributed by atoms with van der Waals surface area (Å²) < 4.78 is 0. The zero-order valence-corrected chi connectivity index (χ0v) is 10.1. The van der Waals surface area contributed by atoms with E-state index in [-0.39, 0.29) is 5.28 Å². The molecule has 0 bridgehead atoms. The molecule has 0 aliphatic carbocycles. The van der Waals surface area contributed by atoms with Gasteiger partial charge in [0.05, 0.1) is 0 Å². The predicted octanol–water partition coefficient (Wildman–Crippen LogP) is 3.92. The van der Waals surface area contributed by atoms with E-state index in [2.05, 4.69) is 48.1 Å². The molecule has 3 heteroatoms. The summed E-state index contributed by atoms with van der Waals surface area (Å²) in [5.41, 5.74) is 3.43. The predicted molar refractivity (Wildman–Crippen MR) is 66.6 cm³/mol. The number of hydrogen-bond acceptors (Lipinski definition) is 2. The van der Waals surface area contributed by atoms with Crippen molar-refractivity contribution in [1.82, 2.24) is 9.97 Å². The molecule has 2 nitrogen and oxygen atoms in total. The first-order valence-corrected chi connectivity index (χ1v) is 5.62. The van der Waals surface area contributed by atoms with E-state index in [1.54, 1.807) is 12.4 Å². The number of nitrogens with zero attached hydrogens (tertiary/aromatic N) is 2. The highest BCUT2D eigenvalue weighted by Gasteiger charge is 2.01. The topological polar surface area (TPSA) is 25.8 Å². The Balaban J connectivity index is 2.31. The van der Waals surface area contributed by atoms with Crippen molar-refractivity contribution in [2.45, 2.75) is 19.8 Å². The Morgan fingerprint density at radius 1 is 0.938 bits per heavy atom. The largest absolute Gasteiger partial charge is 0.226 e. The highest BCUT2D eigenvalue weighted by molar-refractivity contribution is 6.28. The lowest BCUT2D eigenvalue weighted by molar-refractivity contribution is 0.867. The van der Waals surface area contributed by atoms with E-state index < -0.39 is 0 Å². The van der Waals surface area contributed by atoms with Gasteiger partial charge in [0, 0.05) is 18.0 Å². The minimum atomic E-state index is 0.280. The molecular formula is C13H13ClN2. The van der Waals surface area contributed by atoms with Crippen molar-refractivity contribution in [2.24, 2.45) is 0 Å². The molecule has 0 atom stereocenters. The lowest BCUT2D eigenvalue weighted by Crippen LogP contribution is -1.88. The summed E-state index contributed by atoms with van der Waals surface area (Å²) in [6.07, 6.45) is 3.47. The van der Waals surface area contributed by atoms with Crippen LogP contribution in [0, 0.1) is 0 Å². The molecule has 0 N–H and O–H groups in total. The maximum atomic E-state index is 5.64. The second-order valence-corrected chi connectivity index (χ2v) is 4.36. The van der Waals surface area contributed by atoms with Crippen molar-refractivity contribution in [3.63, 3.8) is 0 Å². The average Bonchev–Trinajstić information content (AvgIpc) is 2.30. The van der Waals surface area contributed by atoms with E-state index in [4.69, 9.17) is 11.6 Å². The maximum absolute atomic E-state index is 5.64. The number of benzene rings is 1. The van der Waals surface area contributed by atoms with E-state index in [0.29, 0.717) is 5.92 Å². The van der Waals surface area contributed by atoms with Crippen molar-refractivity contribution in [3.05, 3.63) is 47.5 Å². The van der Waals surface area contributed by atoms with Gasteiger partial charge in [0.1, 0.15) is 0 Å². The molecule has 2 aromatic rings. The van der Waals surface area contributed by atoms with Gasteiger partial charge in [-0.2, -0.15) is 0 Å². The molecule has 0 radical (unpaired) electrons. The fourth-order valence-corrected chi connectivity index (χ4v) is 1.62. The Morgan fingerprint density at radius 2 is 1.50 bits per heavy atom. The van der Waals surface area contributed by atoms with Crippen LogP contribution in [0.15, 0.2) is 36.7 Å². The van der Waals surface area contributed by atoms with Crippen LogP contribution in [-0.2, 0) is 0 Å². The van der Waals surface area contributed by atoms with Crippen LogP contribution in [0.5, 0.6) is 0 Å². The van der Waals surface area contributed by atoms with Crippen LogP contribution in [0.1, 0.15) is 25.3 Å². The summed E-state index contributed by atoms with van der Waals surface area (Å²) in [5.74, 6) is 0.551. The SMILES string of the molecule is CC(C)c1ccc(-c2cnc(Cl)nc2)cc1. The molecule has 0 saturated heterocycles. The van der Waals surface area contributed by atoms with E-state index in [9.17, 15) is 0 Å². The summed E-state index contributed by atoms with van der Waals surface area (Å²) in [7, 11) is 0. The van der Waals surface area contributed by atoms with E-state index in [1.807, 2.05) is 0 Å². The molecule has 0 amide bonds. The fraction of sp³-hybridized carbons (Fsp3) is 0.231. The Hall–Kier alpha value is -1.41. The van der Waals surface area contributed by atoms with E-state index in [1.165, 1.54) is 5.56 Å². The molecule has 1 heterocycles. The van der Waals surface area contributed by atoms with Crippen molar-refractivity contribution >= 4 is 11.6 Å². The van der Waals surface area contributed by atoms with Crippen LogP contribution in [0.25, 0.3) is 11.1 Å². The third-order valence-corrected chi connectivity index (χ3v) is 2.73. The molecule has 0 unspecified atom stereocenters. The van der Waals surface area contributed by atoms with Crippen LogP contribution in [0.3, 0.4) is 0 Å². The quantitative estimate of drug-likeness (QED) is 0.734. The van der Waals surface area contributed by atoms with Crippen molar-refractivity contribution in [2.75, 3.05) is 0 Å². The number of rotatable bonds is 2.